The Hall–Kier alpha value is -12.1. The molecule has 0 aliphatic heterocycles. The van der Waals surface area contributed by atoms with E-state index >= 15 is 0 Å². The number of rotatable bonds is 5. The van der Waals surface area contributed by atoms with Crippen LogP contribution < -0.4 is 18.3 Å². The molecular formula is C92H77F6N11O4+4. The van der Waals surface area contributed by atoms with Crippen molar-refractivity contribution in [2.24, 2.45) is 28.2 Å². The first-order valence-electron chi connectivity index (χ1n) is 38.7. The number of aryl methyl sites for hydroxylation is 10. The highest BCUT2D eigenvalue weighted by molar-refractivity contribution is 6.12. The molecule has 6 bridgehead atoms. The van der Waals surface area contributed by atoms with Crippen LogP contribution >= 0.6 is 0 Å². The van der Waals surface area contributed by atoms with Crippen LogP contribution in [0.1, 0.15) is 161 Å². The zero-order valence-electron chi connectivity index (χ0n) is 63.9. The van der Waals surface area contributed by atoms with Crippen molar-refractivity contribution in [1.82, 2.24) is 34.9 Å². The molecule has 113 heavy (non-hydrogen) atoms. The van der Waals surface area contributed by atoms with E-state index in [0.29, 0.717) is 91.4 Å². The molecule has 21 heteroatoms. The number of benzene rings is 4. The number of halogens is 6. The lowest BCUT2D eigenvalue weighted by molar-refractivity contribution is -0.661. The maximum absolute atomic E-state index is 14.9. The fourth-order valence-corrected chi connectivity index (χ4v) is 19.9. The molecule has 0 amide bonds. The van der Waals surface area contributed by atoms with E-state index in [1.807, 2.05) is 103 Å². The third-order valence-corrected chi connectivity index (χ3v) is 25.1. The number of pyridine rings is 8. The van der Waals surface area contributed by atoms with E-state index < -0.39 is 29.6 Å². The lowest BCUT2D eigenvalue weighted by Crippen LogP contribution is -2.32. The largest absolute Gasteiger partial charge is 0.437 e. The number of furan rings is 4. The predicted molar refractivity (Wildman–Crippen MR) is 417 cm³/mol. The molecular weight excluding hydrogens is 1440 g/mol. The number of hydrogen-bond acceptors (Lipinski definition) is 11. The summed E-state index contributed by atoms with van der Waals surface area (Å²) >= 11 is 0. The maximum Gasteiger partial charge on any atom is 0.232 e. The highest BCUT2D eigenvalue weighted by atomic mass is 19.2. The first-order chi connectivity index (χ1) is 54.5. The van der Waals surface area contributed by atoms with Gasteiger partial charge in [-0.25, -0.2) is 42.0 Å². The summed E-state index contributed by atoms with van der Waals surface area (Å²) in [6.07, 6.45) is 20.3. The normalized spacial score (nSPS) is 18.1. The third-order valence-electron chi connectivity index (χ3n) is 25.1. The average Bonchev–Trinajstić information content (AvgIpc) is 1.56. The minimum atomic E-state index is -0.874. The van der Waals surface area contributed by atoms with E-state index in [1.54, 1.807) is 12.1 Å². The van der Waals surface area contributed by atoms with Crippen LogP contribution in [-0.4, -0.2) is 34.9 Å². The Morgan fingerprint density at radius 2 is 0.664 bits per heavy atom. The summed E-state index contributed by atoms with van der Waals surface area (Å²) in [5.74, 6) is 2.49. The zero-order chi connectivity index (χ0) is 77.6. The molecule has 6 unspecified atom stereocenters. The van der Waals surface area contributed by atoms with Gasteiger partial charge in [0.1, 0.15) is 51.5 Å². The Morgan fingerprint density at radius 1 is 0.301 bits per heavy atom. The second kappa shape index (κ2) is 26.2. The fourth-order valence-electron chi connectivity index (χ4n) is 19.9. The third kappa shape index (κ3) is 11.4. The monoisotopic (exact) mass is 1510 g/mol. The van der Waals surface area contributed by atoms with Gasteiger partial charge in [0.2, 0.25) is 69.4 Å². The van der Waals surface area contributed by atoms with Gasteiger partial charge in [-0.05, 0) is 222 Å². The molecule has 0 radical (unpaired) electrons. The quantitative estimate of drug-likeness (QED) is 0.0917. The molecule has 562 valence electrons. The van der Waals surface area contributed by atoms with Gasteiger partial charge < -0.3 is 17.7 Å². The first-order valence-corrected chi connectivity index (χ1v) is 38.7. The molecule has 23 rings (SSSR count). The van der Waals surface area contributed by atoms with Crippen molar-refractivity contribution in [2.75, 3.05) is 0 Å². The minimum absolute atomic E-state index is 0.00206. The molecule has 6 aliphatic rings. The van der Waals surface area contributed by atoms with Gasteiger partial charge in [0.05, 0.1) is 44.0 Å². The molecule has 0 spiro atoms. The van der Waals surface area contributed by atoms with Crippen LogP contribution in [-0.2, 0) is 28.2 Å². The molecule has 3 fully saturated rings. The summed E-state index contributed by atoms with van der Waals surface area (Å²) in [5, 5.41) is 5.27. The van der Waals surface area contributed by atoms with Crippen LogP contribution in [0.4, 0.5) is 26.3 Å². The summed E-state index contributed by atoms with van der Waals surface area (Å²) in [7, 11) is 8.15. The highest BCUT2D eigenvalue weighted by Crippen LogP contribution is 2.56. The Morgan fingerprint density at radius 3 is 1.13 bits per heavy atom. The van der Waals surface area contributed by atoms with Crippen molar-refractivity contribution < 1.29 is 62.3 Å². The fraction of sp³-hybridized carbons (Fsp3) is 0.272. The van der Waals surface area contributed by atoms with Gasteiger partial charge in [0.15, 0.2) is 52.9 Å². The second-order valence-electron chi connectivity index (χ2n) is 32.0. The van der Waals surface area contributed by atoms with Crippen molar-refractivity contribution in [3.63, 3.8) is 0 Å². The maximum atomic E-state index is 14.9. The van der Waals surface area contributed by atoms with E-state index in [2.05, 4.69) is 111 Å². The number of fused-ring (bicyclic) bond motifs is 27. The second-order valence-corrected chi connectivity index (χ2v) is 32.0. The molecule has 0 saturated heterocycles. The van der Waals surface area contributed by atoms with E-state index in [9.17, 15) is 26.3 Å². The molecule has 13 aromatic heterocycles. The van der Waals surface area contributed by atoms with E-state index in [1.165, 1.54) is 121 Å². The molecule has 15 nitrogen and oxygen atoms in total. The summed E-state index contributed by atoms with van der Waals surface area (Å²) < 4.78 is 116. The highest BCUT2D eigenvalue weighted by Gasteiger charge is 2.43. The molecule has 6 aliphatic carbocycles. The van der Waals surface area contributed by atoms with Crippen molar-refractivity contribution >= 4 is 88.3 Å². The minimum Gasteiger partial charge on any atom is -0.437 e. The van der Waals surface area contributed by atoms with Crippen molar-refractivity contribution in [3.8, 4) is 56.4 Å². The Labute approximate surface area is 644 Å². The van der Waals surface area contributed by atoms with Gasteiger partial charge in [0, 0.05) is 74.0 Å². The van der Waals surface area contributed by atoms with Crippen molar-refractivity contribution in [2.45, 2.75) is 135 Å². The molecule has 13 heterocycles. The summed E-state index contributed by atoms with van der Waals surface area (Å²) in [4.78, 5) is 28.6. The van der Waals surface area contributed by atoms with Crippen LogP contribution in [0.15, 0.2) is 158 Å². The van der Waals surface area contributed by atoms with Gasteiger partial charge in [-0.15, -0.1) is 0 Å². The lowest BCUT2D eigenvalue weighted by atomic mass is 9.91. The zero-order valence-corrected chi connectivity index (χ0v) is 63.9. The average molecular weight is 1510 g/mol. The van der Waals surface area contributed by atoms with Gasteiger partial charge in [-0.1, -0.05) is 36.4 Å². The van der Waals surface area contributed by atoms with Gasteiger partial charge in [-0.3, -0.25) is 0 Å². The van der Waals surface area contributed by atoms with Crippen LogP contribution in [0.3, 0.4) is 0 Å². The van der Waals surface area contributed by atoms with Crippen LogP contribution in [0.25, 0.3) is 145 Å². The van der Waals surface area contributed by atoms with Crippen LogP contribution in [0.2, 0.25) is 0 Å². The summed E-state index contributed by atoms with van der Waals surface area (Å²) in [6.45, 7) is 11.8. The Kier molecular flexibility index (Phi) is 16.3. The number of aromatic nitrogens is 11. The van der Waals surface area contributed by atoms with Crippen molar-refractivity contribution in [1.29, 1.82) is 0 Å². The van der Waals surface area contributed by atoms with E-state index in [0.717, 1.165) is 112 Å². The van der Waals surface area contributed by atoms with E-state index in [4.69, 9.17) is 17.7 Å². The summed E-state index contributed by atoms with van der Waals surface area (Å²) in [5.41, 5.74) is 25.0. The topological polar surface area (TPSA) is 158 Å². The van der Waals surface area contributed by atoms with Gasteiger partial charge >= 0.3 is 0 Å². The predicted octanol–water partition coefficient (Wildman–Crippen LogP) is 20.5. The van der Waals surface area contributed by atoms with Crippen molar-refractivity contribution in [3.05, 3.63) is 243 Å². The molecule has 3 saturated carbocycles. The number of hydrogen-bond donors (Lipinski definition) is 0. The van der Waals surface area contributed by atoms with Crippen LogP contribution in [0.5, 0.6) is 0 Å². The Balaban J connectivity index is 0.0000000979. The molecule has 6 atom stereocenters. The lowest BCUT2D eigenvalue weighted by Gasteiger charge is -2.15. The SMILES string of the molecule is Cc1cc(F)c2c(oc3nc(F)ccc32)c1-c1cc2c(c[n+]1C)C1CCC2C1.Cc1ccc2c(oc3nc(F)cc(F)c32)c1-c1cc2c(c[n+]1C)C1CCC2C1.Cc1ccc2c(oc3nc(F)ccc32)c1-c1cc2c(c[n+]1C)C1CCC2C1.Cc1nc(C)nc(-c2ccc(-c3c(C)ccc4c3oc3nc(F)ccc34)[n+](C)c2)n1. The standard InChI is InChI=1S/2C23H19F2N2O.C23H19FN5O.C23H20FN2O/c1-11-3-6-14-21-17(24)9-19(25)26-23(21)28-22(14)20(11)18-8-15-12-4-5-13(7-12)16(15)10-27(18)2;1-11-7-17(24)21-14-5-6-19(25)26-23(14)28-22(21)20(11)18-9-15-12-3-4-13(8-12)16(15)10-27(18)2;1-12-5-7-16-17-8-10-19(24)28-23(17)30-21(16)20(12)18-9-6-15(11-29(18)4)22-26-13(2)25-14(3)27-22;1-12-3-6-15-16-7-8-20(24)25-23(16)27-22(15)21(12)19-10-17-13-4-5-14(9-13)18(17)11-26(19)2/h3,6,8-10,12-13H,4-5,7H2,1-2H3;5-7,9-10,12-13H,3-4,8H2,1-2H3;5-11H,1-4H3;3,6-8,10-11,13-14H,4-5,9H2,1-2H3/q4*+1. The van der Waals surface area contributed by atoms with E-state index in [-0.39, 0.29) is 22.6 Å². The number of nitrogens with zero attached hydrogens (tertiary/aromatic N) is 11. The van der Waals surface area contributed by atoms with Crippen LogP contribution in [0, 0.1) is 77.0 Å². The smallest absolute Gasteiger partial charge is 0.232 e. The molecule has 17 aromatic rings. The first kappa shape index (κ1) is 70.0. The van der Waals surface area contributed by atoms with Gasteiger partial charge in [-0.2, -0.15) is 37.5 Å². The van der Waals surface area contributed by atoms with Gasteiger partial charge in [0.25, 0.3) is 0 Å². The summed E-state index contributed by atoms with van der Waals surface area (Å²) in [6, 6.07) is 34.2. The Bertz CT molecular complexity index is 6960. The molecule has 0 N–H and O–H groups in total. The molecule has 4 aromatic carbocycles.